The summed E-state index contributed by atoms with van der Waals surface area (Å²) in [6.07, 6.45) is 0.370. The van der Waals surface area contributed by atoms with Crippen LogP contribution in [0.5, 0.6) is 0 Å². The minimum atomic E-state index is -0.105. The first-order valence-electron chi connectivity index (χ1n) is 8.90. The van der Waals surface area contributed by atoms with E-state index in [2.05, 4.69) is 29.2 Å². The molecule has 0 bridgehead atoms. The van der Waals surface area contributed by atoms with Crippen LogP contribution in [0.2, 0.25) is 5.02 Å². The Morgan fingerprint density at radius 3 is 2.44 bits per heavy atom. The monoisotopic (exact) mass is 381 g/mol. The van der Waals surface area contributed by atoms with Gasteiger partial charge in [0.2, 0.25) is 17.6 Å². The van der Waals surface area contributed by atoms with Crippen LogP contribution in [0.25, 0.3) is 11.4 Å². The molecule has 1 fully saturated rings. The highest BCUT2D eigenvalue weighted by atomic mass is 35.5. The number of rotatable bonds is 3. The number of amides is 1. The molecule has 0 radical (unpaired) electrons. The van der Waals surface area contributed by atoms with Crippen LogP contribution < -0.4 is 4.90 Å². The Kier molecular flexibility index (Phi) is 4.48. The summed E-state index contributed by atoms with van der Waals surface area (Å²) < 4.78 is 5.47. The predicted molar refractivity (Wildman–Crippen MR) is 105 cm³/mol. The van der Waals surface area contributed by atoms with Gasteiger partial charge in [-0.25, -0.2) is 0 Å². The largest absolute Gasteiger partial charge is 0.339 e. The maximum atomic E-state index is 12.7. The Morgan fingerprint density at radius 2 is 1.78 bits per heavy atom. The predicted octanol–water partition coefficient (Wildman–Crippen LogP) is 4.84. The third kappa shape index (κ3) is 3.35. The van der Waals surface area contributed by atoms with Crippen LogP contribution in [0.1, 0.15) is 34.9 Å². The molecular weight excluding hydrogens is 362 g/mol. The molecule has 27 heavy (non-hydrogen) atoms. The summed E-state index contributed by atoms with van der Waals surface area (Å²) in [5.41, 5.74) is 5.23. The van der Waals surface area contributed by atoms with Gasteiger partial charge in [0.25, 0.3) is 0 Å². The van der Waals surface area contributed by atoms with E-state index in [1.165, 1.54) is 5.56 Å². The van der Waals surface area contributed by atoms with E-state index in [1.807, 2.05) is 30.9 Å². The lowest BCUT2D eigenvalue weighted by atomic mass is 10.0. The van der Waals surface area contributed by atoms with E-state index in [9.17, 15) is 4.79 Å². The Balaban J connectivity index is 1.59. The van der Waals surface area contributed by atoms with E-state index in [0.29, 0.717) is 29.7 Å². The topological polar surface area (TPSA) is 59.2 Å². The molecule has 138 valence electrons. The maximum absolute atomic E-state index is 12.7. The summed E-state index contributed by atoms with van der Waals surface area (Å²) in [7, 11) is 0. The number of halogens is 1. The average molecular weight is 382 g/mol. The molecule has 1 unspecified atom stereocenters. The fourth-order valence-corrected chi connectivity index (χ4v) is 3.93. The summed E-state index contributed by atoms with van der Waals surface area (Å²) in [4.78, 5) is 19.0. The van der Waals surface area contributed by atoms with Crippen molar-refractivity contribution >= 4 is 23.2 Å². The van der Waals surface area contributed by atoms with Gasteiger partial charge < -0.3 is 9.42 Å². The van der Waals surface area contributed by atoms with Gasteiger partial charge >= 0.3 is 0 Å². The second kappa shape index (κ2) is 6.82. The Labute approximate surface area is 163 Å². The second-order valence-electron chi connectivity index (χ2n) is 7.12. The third-order valence-electron chi connectivity index (χ3n) is 4.92. The third-order valence-corrected chi connectivity index (χ3v) is 5.18. The van der Waals surface area contributed by atoms with Crippen LogP contribution in [0.4, 0.5) is 5.69 Å². The molecule has 1 atom stereocenters. The average Bonchev–Trinajstić information content (AvgIpc) is 3.22. The van der Waals surface area contributed by atoms with Crippen molar-refractivity contribution in [2.75, 3.05) is 11.4 Å². The number of carbonyl (C=O) groups is 1. The normalized spacial score (nSPS) is 17.0. The number of hydrogen-bond donors (Lipinski definition) is 0. The van der Waals surface area contributed by atoms with Gasteiger partial charge in [0.1, 0.15) is 0 Å². The van der Waals surface area contributed by atoms with Gasteiger partial charge in [-0.2, -0.15) is 4.98 Å². The molecule has 2 heterocycles. The van der Waals surface area contributed by atoms with Crippen molar-refractivity contribution in [3.8, 4) is 11.4 Å². The lowest BCUT2D eigenvalue weighted by Gasteiger charge is -2.21. The van der Waals surface area contributed by atoms with Crippen LogP contribution in [-0.4, -0.2) is 22.6 Å². The molecule has 0 spiro atoms. The van der Waals surface area contributed by atoms with Gasteiger partial charge in [0, 0.05) is 29.2 Å². The quantitative estimate of drug-likeness (QED) is 0.651. The van der Waals surface area contributed by atoms with Crippen molar-refractivity contribution < 1.29 is 9.32 Å². The Bertz CT molecular complexity index is 988. The van der Waals surface area contributed by atoms with Gasteiger partial charge in [0.15, 0.2) is 0 Å². The first kappa shape index (κ1) is 17.7. The molecule has 2 aromatic carbocycles. The molecule has 1 aliphatic heterocycles. The summed E-state index contributed by atoms with van der Waals surface area (Å²) in [5.74, 6) is 0.987. The summed E-state index contributed by atoms with van der Waals surface area (Å²) in [5, 5.41) is 4.73. The minimum Gasteiger partial charge on any atom is -0.339 e. The fraction of sp³-hybridized carbons (Fsp3) is 0.286. The molecule has 5 nitrogen and oxygen atoms in total. The Morgan fingerprint density at radius 1 is 1.11 bits per heavy atom. The summed E-state index contributed by atoms with van der Waals surface area (Å²) in [6, 6.07) is 11.5. The van der Waals surface area contributed by atoms with Gasteiger partial charge in [0.05, 0.1) is 5.92 Å². The van der Waals surface area contributed by atoms with E-state index in [-0.39, 0.29) is 11.8 Å². The van der Waals surface area contributed by atoms with E-state index >= 15 is 0 Å². The zero-order chi connectivity index (χ0) is 19.1. The van der Waals surface area contributed by atoms with Crippen molar-refractivity contribution in [3.05, 3.63) is 64.0 Å². The maximum Gasteiger partial charge on any atom is 0.232 e. The van der Waals surface area contributed by atoms with Gasteiger partial charge in [-0.1, -0.05) is 34.5 Å². The van der Waals surface area contributed by atoms with Crippen molar-refractivity contribution in [1.82, 2.24) is 10.1 Å². The standard InChI is InChI=1S/C21H20ClN3O2/c1-12-8-13(2)19(14(3)9-12)25-11-16(10-18(25)26)21-23-20(24-27-21)15-4-6-17(22)7-5-15/h4-9,16H,10-11H2,1-3H3. The molecule has 0 N–H and O–H groups in total. The smallest absolute Gasteiger partial charge is 0.232 e. The van der Waals surface area contributed by atoms with E-state index < -0.39 is 0 Å². The number of hydrogen-bond acceptors (Lipinski definition) is 4. The van der Waals surface area contributed by atoms with Crippen LogP contribution in [0.3, 0.4) is 0 Å². The molecule has 3 aromatic rings. The number of benzene rings is 2. The SMILES string of the molecule is Cc1cc(C)c(N2CC(c3nc(-c4ccc(Cl)cc4)no3)CC2=O)c(C)c1. The Hall–Kier alpha value is -2.66. The van der Waals surface area contributed by atoms with Crippen LogP contribution in [-0.2, 0) is 4.79 Å². The lowest BCUT2D eigenvalue weighted by Crippen LogP contribution is -2.26. The highest BCUT2D eigenvalue weighted by molar-refractivity contribution is 6.30. The summed E-state index contributed by atoms with van der Waals surface area (Å²) >= 11 is 5.93. The van der Waals surface area contributed by atoms with Crippen molar-refractivity contribution in [3.63, 3.8) is 0 Å². The van der Waals surface area contributed by atoms with Gasteiger partial charge in [-0.05, 0) is 56.2 Å². The van der Waals surface area contributed by atoms with Crippen LogP contribution >= 0.6 is 11.6 Å². The fourth-order valence-electron chi connectivity index (χ4n) is 3.80. The molecule has 0 aliphatic carbocycles. The molecule has 0 saturated carbocycles. The van der Waals surface area contributed by atoms with E-state index in [4.69, 9.17) is 16.1 Å². The van der Waals surface area contributed by atoms with E-state index in [0.717, 1.165) is 22.4 Å². The van der Waals surface area contributed by atoms with E-state index in [1.54, 1.807) is 12.1 Å². The molecule has 4 rings (SSSR count). The second-order valence-corrected chi connectivity index (χ2v) is 7.55. The van der Waals surface area contributed by atoms with Gasteiger partial charge in [-0.15, -0.1) is 0 Å². The lowest BCUT2D eigenvalue weighted by molar-refractivity contribution is -0.117. The number of carbonyl (C=O) groups excluding carboxylic acids is 1. The molecule has 1 aromatic heterocycles. The van der Waals surface area contributed by atoms with Gasteiger partial charge in [-0.3, -0.25) is 4.79 Å². The number of anilines is 1. The summed E-state index contributed by atoms with van der Waals surface area (Å²) in [6.45, 7) is 6.70. The number of aromatic nitrogens is 2. The zero-order valence-electron chi connectivity index (χ0n) is 15.5. The zero-order valence-corrected chi connectivity index (χ0v) is 16.2. The highest BCUT2D eigenvalue weighted by Crippen LogP contribution is 2.35. The molecule has 6 heteroatoms. The first-order chi connectivity index (χ1) is 12.9. The highest BCUT2D eigenvalue weighted by Gasteiger charge is 2.36. The molecule has 1 saturated heterocycles. The minimum absolute atomic E-state index is 0.0845. The number of nitrogens with zero attached hydrogens (tertiary/aromatic N) is 3. The molecule has 1 aliphatic rings. The van der Waals surface area contributed by atoms with Crippen molar-refractivity contribution in [2.24, 2.45) is 0 Å². The molecule has 1 amide bonds. The number of aryl methyl sites for hydroxylation is 3. The van der Waals surface area contributed by atoms with Crippen molar-refractivity contribution in [1.29, 1.82) is 0 Å². The van der Waals surface area contributed by atoms with Crippen LogP contribution in [0.15, 0.2) is 40.9 Å². The molecular formula is C21H20ClN3O2. The van der Waals surface area contributed by atoms with Crippen molar-refractivity contribution in [2.45, 2.75) is 33.1 Å². The first-order valence-corrected chi connectivity index (χ1v) is 9.28. The van der Waals surface area contributed by atoms with Crippen LogP contribution in [0, 0.1) is 20.8 Å².